The van der Waals surface area contributed by atoms with Gasteiger partial charge in [0.2, 0.25) is 0 Å². The van der Waals surface area contributed by atoms with Crippen molar-refractivity contribution in [3.8, 4) is 11.8 Å². The number of hydrogen-bond donors (Lipinski definition) is 2. The molecule has 102 valence electrons. The SMILES string of the molecule is CC(C)CNC(C#N)c1ccc(OCC(N)=O)cc1. The summed E-state index contributed by atoms with van der Waals surface area (Å²) in [5.41, 5.74) is 5.86. The molecule has 0 fully saturated rings. The normalized spacial score (nSPS) is 11.9. The fraction of sp³-hybridized carbons (Fsp3) is 0.429. The Hall–Kier alpha value is -2.06. The average molecular weight is 261 g/mol. The largest absolute Gasteiger partial charge is 0.484 e. The van der Waals surface area contributed by atoms with Gasteiger partial charge in [0.15, 0.2) is 6.61 Å². The molecule has 1 aromatic carbocycles. The molecule has 0 spiro atoms. The van der Waals surface area contributed by atoms with Gasteiger partial charge in [-0.3, -0.25) is 10.1 Å². The maximum atomic E-state index is 10.6. The highest BCUT2D eigenvalue weighted by molar-refractivity contribution is 5.75. The van der Waals surface area contributed by atoms with E-state index in [2.05, 4.69) is 25.2 Å². The highest BCUT2D eigenvalue weighted by atomic mass is 16.5. The van der Waals surface area contributed by atoms with E-state index in [9.17, 15) is 4.79 Å². The van der Waals surface area contributed by atoms with Gasteiger partial charge in [-0.1, -0.05) is 26.0 Å². The molecular formula is C14H19N3O2. The molecule has 5 nitrogen and oxygen atoms in total. The first-order chi connectivity index (χ1) is 9.02. The number of nitrogens with zero attached hydrogens (tertiary/aromatic N) is 1. The van der Waals surface area contributed by atoms with Crippen molar-refractivity contribution in [2.24, 2.45) is 11.7 Å². The molecule has 1 aromatic rings. The minimum Gasteiger partial charge on any atom is -0.484 e. The second-order valence-electron chi connectivity index (χ2n) is 4.69. The fourth-order valence-electron chi connectivity index (χ4n) is 1.50. The van der Waals surface area contributed by atoms with E-state index in [1.807, 2.05) is 0 Å². The molecule has 0 saturated heterocycles. The van der Waals surface area contributed by atoms with Crippen molar-refractivity contribution >= 4 is 5.91 Å². The van der Waals surface area contributed by atoms with Gasteiger partial charge in [0.05, 0.1) is 6.07 Å². The summed E-state index contributed by atoms with van der Waals surface area (Å²) >= 11 is 0. The van der Waals surface area contributed by atoms with Crippen molar-refractivity contribution in [2.75, 3.05) is 13.2 Å². The van der Waals surface area contributed by atoms with Crippen molar-refractivity contribution < 1.29 is 9.53 Å². The van der Waals surface area contributed by atoms with E-state index < -0.39 is 5.91 Å². The third-order valence-corrected chi connectivity index (χ3v) is 2.45. The summed E-state index contributed by atoms with van der Waals surface area (Å²) in [6.07, 6.45) is 0. The Morgan fingerprint density at radius 3 is 2.53 bits per heavy atom. The van der Waals surface area contributed by atoms with E-state index in [-0.39, 0.29) is 12.6 Å². The molecule has 0 saturated carbocycles. The quantitative estimate of drug-likeness (QED) is 0.775. The molecular weight excluding hydrogens is 242 g/mol. The smallest absolute Gasteiger partial charge is 0.255 e. The molecule has 0 bridgehead atoms. The molecule has 0 heterocycles. The van der Waals surface area contributed by atoms with Crippen LogP contribution in [0.4, 0.5) is 0 Å². The molecule has 0 aromatic heterocycles. The molecule has 5 heteroatoms. The fourth-order valence-corrected chi connectivity index (χ4v) is 1.50. The van der Waals surface area contributed by atoms with Gasteiger partial charge in [0, 0.05) is 0 Å². The lowest BCUT2D eigenvalue weighted by atomic mass is 10.1. The zero-order valence-corrected chi connectivity index (χ0v) is 11.2. The molecule has 0 aliphatic heterocycles. The summed E-state index contributed by atoms with van der Waals surface area (Å²) in [4.78, 5) is 10.6. The van der Waals surface area contributed by atoms with Crippen molar-refractivity contribution in [3.05, 3.63) is 29.8 Å². The first-order valence-electron chi connectivity index (χ1n) is 6.17. The van der Waals surface area contributed by atoms with Crippen LogP contribution in [-0.4, -0.2) is 19.1 Å². The maximum Gasteiger partial charge on any atom is 0.255 e. The van der Waals surface area contributed by atoms with E-state index >= 15 is 0 Å². The van der Waals surface area contributed by atoms with Crippen LogP contribution in [0.5, 0.6) is 5.75 Å². The van der Waals surface area contributed by atoms with Crippen LogP contribution in [0.15, 0.2) is 24.3 Å². The molecule has 19 heavy (non-hydrogen) atoms. The second kappa shape index (κ2) is 7.39. The van der Waals surface area contributed by atoms with Gasteiger partial charge in [-0.25, -0.2) is 0 Å². The number of nitrogens with two attached hydrogens (primary N) is 1. The number of nitriles is 1. The van der Waals surface area contributed by atoms with Gasteiger partial charge in [-0.2, -0.15) is 5.26 Å². The molecule has 0 radical (unpaired) electrons. The Bertz CT molecular complexity index is 449. The second-order valence-corrected chi connectivity index (χ2v) is 4.69. The molecule has 1 amide bonds. The lowest BCUT2D eigenvalue weighted by Gasteiger charge is -2.14. The van der Waals surface area contributed by atoms with Gasteiger partial charge in [-0.05, 0) is 30.2 Å². The Morgan fingerprint density at radius 1 is 1.42 bits per heavy atom. The van der Waals surface area contributed by atoms with Gasteiger partial charge >= 0.3 is 0 Å². The molecule has 3 N–H and O–H groups in total. The number of benzene rings is 1. The summed E-state index contributed by atoms with van der Waals surface area (Å²) in [7, 11) is 0. The lowest BCUT2D eigenvalue weighted by Crippen LogP contribution is -2.24. The van der Waals surface area contributed by atoms with E-state index in [0.29, 0.717) is 11.7 Å². The number of ether oxygens (including phenoxy) is 1. The van der Waals surface area contributed by atoms with Crippen LogP contribution in [0.2, 0.25) is 0 Å². The number of hydrogen-bond acceptors (Lipinski definition) is 4. The van der Waals surface area contributed by atoms with E-state index in [0.717, 1.165) is 12.1 Å². The van der Waals surface area contributed by atoms with E-state index in [4.69, 9.17) is 15.7 Å². The predicted octanol–water partition coefficient (Wildman–Crippen LogP) is 1.36. The number of nitrogens with one attached hydrogen (secondary N) is 1. The van der Waals surface area contributed by atoms with Crippen LogP contribution in [0.3, 0.4) is 0 Å². The van der Waals surface area contributed by atoms with Crippen LogP contribution in [0.1, 0.15) is 25.5 Å². The average Bonchev–Trinajstić information content (AvgIpc) is 2.38. The lowest BCUT2D eigenvalue weighted by molar-refractivity contribution is -0.119. The summed E-state index contributed by atoms with van der Waals surface area (Å²) < 4.78 is 5.16. The highest BCUT2D eigenvalue weighted by Crippen LogP contribution is 2.17. The Balaban J connectivity index is 2.63. The predicted molar refractivity (Wildman–Crippen MR) is 72.3 cm³/mol. The van der Waals surface area contributed by atoms with Crippen molar-refractivity contribution in [1.82, 2.24) is 5.32 Å². The number of amides is 1. The van der Waals surface area contributed by atoms with Crippen molar-refractivity contribution in [2.45, 2.75) is 19.9 Å². The Morgan fingerprint density at radius 2 is 2.05 bits per heavy atom. The summed E-state index contributed by atoms with van der Waals surface area (Å²) in [5.74, 6) is 0.523. The first kappa shape index (κ1) is 15.0. The Labute approximate surface area is 113 Å². The van der Waals surface area contributed by atoms with Gasteiger partial charge in [0.25, 0.3) is 5.91 Å². The molecule has 1 unspecified atom stereocenters. The van der Waals surface area contributed by atoms with Crippen LogP contribution < -0.4 is 15.8 Å². The first-order valence-corrected chi connectivity index (χ1v) is 6.17. The number of carbonyl (C=O) groups is 1. The standard InChI is InChI=1S/C14H19N3O2/c1-10(2)8-17-13(7-15)11-3-5-12(6-4-11)19-9-14(16)18/h3-6,10,13,17H,8-9H2,1-2H3,(H2,16,18). The molecule has 1 rings (SSSR count). The summed E-state index contributed by atoms with van der Waals surface area (Å²) in [5, 5.41) is 12.3. The van der Waals surface area contributed by atoms with Crippen LogP contribution >= 0.6 is 0 Å². The van der Waals surface area contributed by atoms with Gasteiger partial charge < -0.3 is 10.5 Å². The van der Waals surface area contributed by atoms with Crippen LogP contribution in [-0.2, 0) is 4.79 Å². The molecule has 0 aliphatic rings. The third kappa shape index (κ3) is 5.40. The monoisotopic (exact) mass is 261 g/mol. The number of rotatable bonds is 7. The number of primary amides is 1. The number of carbonyl (C=O) groups excluding carboxylic acids is 1. The zero-order valence-electron chi connectivity index (χ0n) is 11.2. The Kier molecular flexibility index (Phi) is 5.83. The molecule has 0 aliphatic carbocycles. The van der Waals surface area contributed by atoms with Crippen LogP contribution in [0.25, 0.3) is 0 Å². The highest BCUT2D eigenvalue weighted by Gasteiger charge is 2.10. The van der Waals surface area contributed by atoms with Crippen molar-refractivity contribution in [3.63, 3.8) is 0 Å². The molecule has 1 atom stereocenters. The van der Waals surface area contributed by atoms with E-state index in [1.165, 1.54) is 0 Å². The summed E-state index contributed by atoms with van der Waals surface area (Å²) in [6.45, 7) is 4.80. The minimum atomic E-state index is -0.516. The van der Waals surface area contributed by atoms with Gasteiger partial charge in [-0.15, -0.1) is 0 Å². The maximum absolute atomic E-state index is 10.6. The van der Waals surface area contributed by atoms with Gasteiger partial charge in [0.1, 0.15) is 11.8 Å². The van der Waals surface area contributed by atoms with E-state index in [1.54, 1.807) is 24.3 Å². The minimum absolute atomic E-state index is 0.146. The van der Waals surface area contributed by atoms with Crippen LogP contribution in [0, 0.1) is 17.2 Å². The van der Waals surface area contributed by atoms with Crippen molar-refractivity contribution in [1.29, 1.82) is 5.26 Å². The zero-order chi connectivity index (χ0) is 14.3. The summed E-state index contributed by atoms with van der Waals surface area (Å²) in [6, 6.07) is 8.93. The topological polar surface area (TPSA) is 88.1 Å². The third-order valence-electron chi connectivity index (χ3n) is 2.45.